The minimum atomic E-state index is -1.36. The summed E-state index contributed by atoms with van der Waals surface area (Å²) in [7, 11) is 0. The van der Waals surface area contributed by atoms with Gasteiger partial charge in [-0.15, -0.1) is 0 Å². The molecule has 1 aromatic rings. The molecule has 0 atom stereocenters. The maximum absolute atomic E-state index is 13.5. The van der Waals surface area contributed by atoms with Crippen molar-refractivity contribution in [2.45, 2.75) is 24.8 Å². The van der Waals surface area contributed by atoms with Crippen LogP contribution >= 0.6 is 11.6 Å². The Morgan fingerprint density at radius 3 is 2.27 bits per heavy atom. The van der Waals surface area contributed by atoms with Crippen LogP contribution < -0.4 is 5.73 Å². The van der Waals surface area contributed by atoms with Gasteiger partial charge in [0.25, 0.3) is 0 Å². The number of rotatable bonds is 1. The summed E-state index contributed by atoms with van der Waals surface area (Å²) >= 11 is 5.24. The van der Waals surface area contributed by atoms with Gasteiger partial charge in [-0.1, -0.05) is 11.6 Å². The van der Waals surface area contributed by atoms with Crippen LogP contribution in [0.15, 0.2) is 6.07 Å². The van der Waals surface area contributed by atoms with E-state index in [9.17, 15) is 13.2 Å². The molecule has 1 aliphatic carbocycles. The van der Waals surface area contributed by atoms with Gasteiger partial charge in [0.1, 0.15) is 10.8 Å². The first-order valence-corrected chi connectivity index (χ1v) is 4.96. The third-order valence-corrected chi connectivity index (χ3v) is 3.23. The Bertz CT molecular complexity index is 416. The molecule has 1 nitrogen and oxygen atoms in total. The van der Waals surface area contributed by atoms with Crippen molar-refractivity contribution in [1.82, 2.24) is 0 Å². The molecule has 0 radical (unpaired) electrons. The van der Waals surface area contributed by atoms with Crippen LogP contribution in [0.1, 0.15) is 24.8 Å². The summed E-state index contributed by atoms with van der Waals surface area (Å²) in [6, 6.07) is 0.889. The monoisotopic (exact) mass is 235 g/mol. The second kappa shape index (κ2) is 3.39. The van der Waals surface area contributed by atoms with Crippen LogP contribution in [-0.4, -0.2) is 0 Å². The van der Waals surface area contributed by atoms with Crippen molar-refractivity contribution < 1.29 is 13.2 Å². The third kappa shape index (κ3) is 1.52. The van der Waals surface area contributed by atoms with E-state index < -0.39 is 28.0 Å². The van der Waals surface area contributed by atoms with Crippen molar-refractivity contribution in [2.75, 3.05) is 0 Å². The maximum Gasteiger partial charge on any atom is 0.180 e. The Labute approximate surface area is 90.0 Å². The fourth-order valence-corrected chi connectivity index (χ4v) is 1.90. The predicted molar refractivity (Wildman–Crippen MR) is 51.0 cm³/mol. The number of hydrogen-bond acceptors (Lipinski definition) is 1. The van der Waals surface area contributed by atoms with Crippen LogP contribution in [0.3, 0.4) is 0 Å². The first-order valence-electron chi connectivity index (χ1n) is 4.58. The fraction of sp³-hybridized carbons (Fsp3) is 0.400. The van der Waals surface area contributed by atoms with Crippen LogP contribution in [-0.2, 0) is 5.54 Å². The Morgan fingerprint density at radius 1 is 1.20 bits per heavy atom. The molecule has 82 valence electrons. The van der Waals surface area contributed by atoms with E-state index in [0.717, 1.165) is 12.5 Å². The lowest BCUT2D eigenvalue weighted by atomic mass is 9.72. The molecule has 0 amide bonds. The molecular formula is C10H9ClF3N. The summed E-state index contributed by atoms with van der Waals surface area (Å²) in [5.41, 5.74) is 4.74. The van der Waals surface area contributed by atoms with E-state index in [4.69, 9.17) is 17.3 Å². The molecule has 0 bridgehead atoms. The van der Waals surface area contributed by atoms with Gasteiger partial charge in [-0.2, -0.15) is 0 Å². The molecule has 1 aliphatic rings. The molecule has 0 aromatic heterocycles. The van der Waals surface area contributed by atoms with Gasteiger partial charge in [0, 0.05) is 11.1 Å². The zero-order valence-corrected chi connectivity index (χ0v) is 8.54. The zero-order valence-electron chi connectivity index (χ0n) is 7.79. The van der Waals surface area contributed by atoms with Gasteiger partial charge in [0.05, 0.1) is 0 Å². The SMILES string of the molecule is NC1(c2cc(F)c(Cl)c(F)c2F)CCC1. The molecule has 2 N–H and O–H groups in total. The van der Waals surface area contributed by atoms with Crippen LogP contribution in [0.25, 0.3) is 0 Å². The first kappa shape index (κ1) is 10.8. The van der Waals surface area contributed by atoms with E-state index in [2.05, 4.69) is 0 Å². The van der Waals surface area contributed by atoms with Gasteiger partial charge in [-0.3, -0.25) is 0 Å². The zero-order chi connectivity index (χ0) is 11.2. The van der Waals surface area contributed by atoms with Crippen LogP contribution in [0.5, 0.6) is 0 Å². The molecule has 0 aliphatic heterocycles. The molecule has 15 heavy (non-hydrogen) atoms. The lowest BCUT2D eigenvalue weighted by molar-refractivity contribution is 0.241. The number of nitrogens with two attached hydrogens (primary N) is 1. The average molecular weight is 236 g/mol. The minimum Gasteiger partial charge on any atom is -0.321 e. The summed E-state index contributed by atoms with van der Waals surface area (Å²) in [5, 5.41) is -0.820. The maximum atomic E-state index is 13.5. The molecule has 1 saturated carbocycles. The Morgan fingerprint density at radius 2 is 1.80 bits per heavy atom. The summed E-state index contributed by atoms with van der Waals surface area (Å²) in [4.78, 5) is 0. The van der Waals surface area contributed by atoms with Crippen molar-refractivity contribution in [3.8, 4) is 0 Å². The summed E-state index contributed by atoms with van der Waals surface area (Å²) < 4.78 is 39.7. The molecule has 0 heterocycles. The van der Waals surface area contributed by atoms with E-state index in [0.29, 0.717) is 12.8 Å². The molecular weight excluding hydrogens is 227 g/mol. The number of benzene rings is 1. The lowest BCUT2D eigenvalue weighted by Gasteiger charge is -2.38. The van der Waals surface area contributed by atoms with Gasteiger partial charge < -0.3 is 5.73 Å². The molecule has 0 saturated heterocycles. The quantitative estimate of drug-likeness (QED) is 0.588. The molecule has 1 fully saturated rings. The highest BCUT2D eigenvalue weighted by atomic mass is 35.5. The summed E-state index contributed by atoms with van der Waals surface area (Å²) in [6.45, 7) is 0. The van der Waals surface area contributed by atoms with E-state index in [1.807, 2.05) is 0 Å². The van der Waals surface area contributed by atoms with Gasteiger partial charge in [0.15, 0.2) is 11.6 Å². The number of halogens is 4. The van der Waals surface area contributed by atoms with Crippen LogP contribution in [0.4, 0.5) is 13.2 Å². The lowest BCUT2D eigenvalue weighted by Crippen LogP contribution is -2.44. The van der Waals surface area contributed by atoms with Crippen molar-refractivity contribution in [2.24, 2.45) is 5.73 Å². The number of hydrogen-bond donors (Lipinski definition) is 1. The topological polar surface area (TPSA) is 26.0 Å². The smallest absolute Gasteiger partial charge is 0.180 e. The standard InChI is InChI=1S/C10H9ClF3N/c11-7-6(12)4-5(8(13)9(7)14)10(15)2-1-3-10/h4H,1-3,15H2. The van der Waals surface area contributed by atoms with Gasteiger partial charge in [-0.25, -0.2) is 13.2 Å². The van der Waals surface area contributed by atoms with Gasteiger partial charge in [0.2, 0.25) is 0 Å². The van der Waals surface area contributed by atoms with Crippen molar-refractivity contribution in [3.63, 3.8) is 0 Å². The second-order valence-corrected chi connectivity index (χ2v) is 4.24. The first-order chi connectivity index (χ1) is 6.96. The van der Waals surface area contributed by atoms with Crippen molar-refractivity contribution in [1.29, 1.82) is 0 Å². The van der Waals surface area contributed by atoms with Gasteiger partial charge >= 0.3 is 0 Å². The highest BCUT2D eigenvalue weighted by molar-refractivity contribution is 6.30. The summed E-state index contributed by atoms with van der Waals surface area (Å²) in [5.74, 6) is -3.46. The van der Waals surface area contributed by atoms with E-state index in [-0.39, 0.29) is 5.56 Å². The van der Waals surface area contributed by atoms with Crippen LogP contribution in [0.2, 0.25) is 5.02 Å². The molecule has 2 rings (SSSR count). The molecule has 5 heteroatoms. The van der Waals surface area contributed by atoms with Gasteiger partial charge in [-0.05, 0) is 25.3 Å². The highest BCUT2D eigenvalue weighted by Gasteiger charge is 2.38. The molecule has 0 spiro atoms. The average Bonchev–Trinajstić information content (AvgIpc) is 2.17. The third-order valence-electron chi connectivity index (χ3n) is 2.88. The normalized spacial score (nSPS) is 18.7. The summed E-state index contributed by atoms with van der Waals surface area (Å²) in [6.07, 6.45) is 1.90. The predicted octanol–water partition coefficient (Wildman–Crippen LogP) is 3.10. The second-order valence-electron chi connectivity index (χ2n) is 3.86. The van der Waals surface area contributed by atoms with Crippen LogP contribution in [0, 0.1) is 17.5 Å². The Kier molecular flexibility index (Phi) is 2.43. The van der Waals surface area contributed by atoms with E-state index in [1.165, 1.54) is 0 Å². The largest absolute Gasteiger partial charge is 0.321 e. The Balaban J connectivity index is 2.58. The van der Waals surface area contributed by atoms with Crippen molar-refractivity contribution >= 4 is 11.6 Å². The Hall–Kier alpha value is -0.740. The highest BCUT2D eigenvalue weighted by Crippen LogP contribution is 2.41. The molecule has 0 unspecified atom stereocenters. The minimum absolute atomic E-state index is 0.117. The van der Waals surface area contributed by atoms with E-state index >= 15 is 0 Å². The molecule has 1 aromatic carbocycles. The van der Waals surface area contributed by atoms with Crippen molar-refractivity contribution in [3.05, 3.63) is 34.1 Å². The van der Waals surface area contributed by atoms with E-state index in [1.54, 1.807) is 0 Å². The fourth-order valence-electron chi connectivity index (χ4n) is 1.76.